The number of rotatable bonds is 7. The first-order valence-electron chi connectivity index (χ1n) is 7.47. The van der Waals surface area contributed by atoms with Gasteiger partial charge in [-0.2, -0.15) is 5.26 Å². The molecule has 1 amide bonds. The van der Waals surface area contributed by atoms with Crippen LogP contribution in [0.15, 0.2) is 53.4 Å². The summed E-state index contributed by atoms with van der Waals surface area (Å²) in [4.78, 5) is 11.4. The van der Waals surface area contributed by atoms with Crippen LogP contribution in [0, 0.1) is 11.3 Å². The Morgan fingerprint density at radius 3 is 2.24 bits per heavy atom. The minimum absolute atomic E-state index is 0.0552. The van der Waals surface area contributed by atoms with Gasteiger partial charge in [-0.05, 0) is 55.5 Å². The molecule has 0 spiro atoms. The maximum Gasteiger partial charge on any atom is 0.261 e. The standard InChI is InChI=1S/C17H17N3O4S/c1-2-24-15-7-3-14(4-8-15)20-25(22,23)16-9-5-13(6-10-16)19-17(21)11-12-18/h3-10,20H,2,11H2,1H3,(H,19,21). The van der Waals surface area contributed by atoms with Crippen LogP contribution in [-0.2, 0) is 14.8 Å². The summed E-state index contributed by atoms with van der Waals surface area (Å²) in [7, 11) is -3.75. The van der Waals surface area contributed by atoms with Crippen molar-refractivity contribution in [2.75, 3.05) is 16.6 Å². The zero-order valence-corrected chi connectivity index (χ0v) is 14.3. The van der Waals surface area contributed by atoms with Gasteiger partial charge < -0.3 is 10.1 Å². The maximum atomic E-state index is 12.4. The van der Waals surface area contributed by atoms with Crippen molar-refractivity contribution < 1.29 is 17.9 Å². The number of anilines is 2. The van der Waals surface area contributed by atoms with E-state index in [1.54, 1.807) is 30.3 Å². The Bertz CT molecular complexity index is 870. The molecule has 0 saturated heterocycles. The summed E-state index contributed by atoms with van der Waals surface area (Å²) < 4.78 is 32.5. The van der Waals surface area contributed by atoms with Crippen LogP contribution in [0.2, 0.25) is 0 Å². The molecule has 0 fully saturated rings. The highest BCUT2D eigenvalue weighted by Crippen LogP contribution is 2.20. The largest absolute Gasteiger partial charge is 0.494 e. The number of nitrogens with one attached hydrogen (secondary N) is 2. The lowest BCUT2D eigenvalue weighted by molar-refractivity contribution is -0.115. The molecule has 0 radical (unpaired) electrons. The second kappa shape index (κ2) is 8.17. The number of amides is 1. The average Bonchev–Trinajstić information content (AvgIpc) is 2.57. The van der Waals surface area contributed by atoms with Crippen molar-refractivity contribution in [1.82, 2.24) is 0 Å². The third kappa shape index (κ3) is 5.22. The Hall–Kier alpha value is -3.05. The van der Waals surface area contributed by atoms with E-state index < -0.39 is 15.9 Å². The molecule has 0 aromatic heterocycles. The van der Waals surface area contributed by atoms with Crippen LogP contribution < -0.4 is 14.8 Å². The van der Waals surface area contributed by atoms with E-state index in [4.69, 9.17) is 10.00 Å². The molecule has 0 bridgehead atoms. The number of ether oxygens (including phenoxy) is 1. The number of nitrogens with zero attached hydrogens (tertiary/aromatic N) is 1. The highest BCUT2D eigenvalue weighted by Gasteiger charge is 2.14. The van der Waals surface area contributed by atoms with Gasteiger partial charge in [-0.15, -0.1) is 0 Å². The second-order valence-electron chi connectivity index (χ2n) is 4.97. The van der Waals surface area contributed by atoms with E-state index in [2.05, 4.69) is 10.0 Å². The van der Waals surface area contributed by atoms with E-state index >= 15 is 0 Å². The van der Waals surface area contributed by atoms with Crippen LogP contribution >= 0.6 is 0 Å². The fraction of sp³-hybridized carbons (Fsp3) is 0.176. The number of carbonyl (C=O) groups is 1. The van der Waals surface area contributed by atoms with Crippen molar-refractivity contribution >= 4 is 27.3 Å². The fourth-order valence-electron chi connectivity index (χ4n) is 1.99. The lowest BCUT2D eigenvalue weighted by Gasteiger charge is -2.10. The Balaban J connectivity index is 2.08. The van der Waals surface area contributed by atoms with Crippen molar-refractivity contribution in [3.8, 4) is 11.8 Å². The smallest absolute Gasteiger partial charge is 0.261 e. The normalized spacial score (nSPS) is 10.6. The molecule has 25 heavy (non-hydrogen) atoms. The molecule has 0 unspecified atom stereocenters. The molecule has 2 rings (SSSR count). The molecule has 7 nitrogen and oxygen atoms in total. The molecular formula is C17H17N3O4S. The lowest BCUT2D eigenvalue weighted by Crippen LogP contribution is -2.13. The Labute approximate surface area is 146 Å². The van der Waals surface area contributed by atoms with Gasteiger partial charge in [0.05, 0.1) is 17.6 Å². The minimum atomic E-state index is -3.75. The summed E-state index contributed by atoms with van der Waals surface area (Å²) in [6.45, 7) is 2.39. The molecule has 0 atom stereocenters. The number of carbonyl (C=O) groups excluding carboxylic acids is 1. The molecule has 0 aliphatic carbocycles. The third-order valence-corrected chi connectivity index (χ3v) is 4.50. The first-order valence-corrected chi connectivity index (χ1v) is 8.95. The van der Waals surface area contributed by atoms with Crippen molar-refractivity contribution in [2.24, 2.45) is 0 Å². The van der Waals surface area contributed by atoms with Crippen LogP contribution in [0.3, 0.4) is 0 Å². The first-order chi connectivity index (χ1) is 11.9. The summed E-state index contributed by atoms with van der Waals surface area (Å²) in [6, 6.07) is 14.0. The molecule has 0 saturated carbocycles. The van der Waals surface area contributed by atoms with E-state index in [0.717, 1.165) is 0 Å². The molecule has 0 aliphatic rings. The summed E-state index contributed by atoms with van der Waals surface area (Å²) in [5.74, 6) is 0.202. The van der Waals surface area contributed by atoms with Gasteiger partial charge in [0.25, 0.3) is 10.0 Å². The van der Waals surface area contributed by atoms with Gasteiger partial charge in [0.15, 0.2) is 0 Å². The van der Waals surface area contributed by atoms with Crippen LogP contribution in [-0.4, -0.2) is 20.9 Å². The Morgan fingerprint density at radius 2 is 1.68 bits per heavy atom. The molecule has 0 aliphatic heterocycles. The van der Waals surface area contributed by atoms with Crippen molar-refractivity contribution in [1.29, 1.82) is 5.26 Å². The van der Waals surface area contributed by atoms with Crippen molar-refractivity contribution in [3.05, 3.63) is 48.5 Å². The van der Waals surface area contributed by atoms with Gasteiger partial charge in [-0.1, -0.05) is 0 Å². The number of hydrogen-bond acceptors (Lipinski definition) is 5. The van der Waals surface area contributed by atoms with E-state index in [1.807, 2.05) is 6.92 Å². The van der Waals surface area contributed by atoms with E-state index in [9.17, 15) is 13.2 Å². The third-order valence-electron chi connectivity index (χ3n) is 3.11. The summed E-state index contributed by atoms with van der Waals surface area (Å²) in [5.41, 5.74) is 0.829. The summed E-state index contributed by atoms with van der Waals surface area (Å²) in [6.07, 6.45) is -0.265. The zero-order valence-electron chi connectivity index (χ0n) is 13.5. The van der Waals surface area contributed by atoms with Gasteiger partial charge >= 0.3 is 0 Å². The maximum absolute atomic E-state index is 12.4. The average molecular weight is 359 g/mol. The molecule has 130 valence electrons. The number of sulfonamides is 1. The predicted octanol–water partition coefficient (Wildman–Crippen LogP) is 2.74. The number of nitriles is 1. The lowest BCUT2D eigenvalue weighted by atomic mass is 10.3. The van der Waals surface area contributed by atoms with Crippen LogP contribution in [0.25, 0.3) is 0 Å². The van der Waals surface area contributed by atoms with Gasteiger partial charge in [-0.3, -0.25) is 9.52 Å². The topological polar surface area (TPSA) is 108 Å². The SMILES string of the molecule is CCOc1ccc(NS(=O)(=O)c2ccc(NC(=O)CC#N)cc2)cc1. The molecule has 8 heteroatoms. The van der Waals surface area contributed by atoms with Crippen LogP contribution in [0.5, 0.6) is 5.75 Å². The second-order valence-corrected chi connectivity index (χ2v) is 6.65. The van der Waals surface area contributed by atoms with Gasteiger partial charge in [0, 0.05) is 11.4 Å². The molecule has 2 aromatic rings. The summed E-state index contributed by atoms with van der Waals surface area (Å²) >= 11 is 0. The van der Waals surface area contributed by atoms with E-state index in [0.29, 0.717) is 23.7 Å². The number of benzene rings is 2. The zero-order chi connectivity index (χ0) is 18.3. The Morgan fingerprint density at radius 1 is 1.08 bits per heavy atom. The van der Waals surface area contributed by atoms with E-state index in [1.165, 1.54) is 24.3 Å². The van der Waals surface area contributed by atoms with Crippen LogP contribution in [0.4, 0.5) is 11.4 Å². The predicted molar refractivity (Wildman–Crippen MR) is 93.7 cm³/mol. The van der Waals surface area contributed by atoms with Gasteiger partial charge in [0.2, 0.25) is 5.91 Å². The van der Waals surface area contributed by atoms with Gasteiger partial charge in [0.1, 0.15) is 12.2 Å². The van der Waals surface area contributed by atoms with E-state index in [-0.39, 0.29) is 11.3 Å². The van der Waals surface area contributed by atoms with Gasteiger partial charge in [-0.25, -0.2) is 8.42 Å². The van der Waals surface area contributed by atoms with Crippen molar-refractivity contribution in [2.45, 2.75) is 18.2 Å². The Kier molecular flexibility index (Phi) is 5.98. The fourth-order valence-corrected chi connectivity index (χ4v) is 3.05. The molecule has 2 N–H and O–H groups in total. The quantitative estimate of drug-likeness (QED) is 0.790. The molecular weight excluding hydrogens is 342 g/mol. The summed E-state index contributed by atoms with van der Waals surface area (Å²) in [5, 5.41) is 10.9. The highest BCUT2D eigenvalue weighted by atomic mass is 32.2. The highest BCUT2D eigenvalue weighted by molar-refractivity contribution is 7.92. The monoisotopic (exact) mass is 359 g/mol. The molecule has 0 heterocycles. The van der Waals surface area contributed by atoms with Crippen molar-refractivity contribution in [3.63, 3.8) is 0 Å². The first kappa shape index (κ1) is 18.3. The minimum Gasteiger partial charge on any atom is -0.494 e. The number of hydrogen-bond donors (Lipinski definition) is 2. The van der Waals surface area contributed by atoms with Crippen LogP contribution in [0.1, 0.15) is 13.3 Å². The molecule has 2 aromatic carbocycles.